The van der Waals surface area contributed by atoms with E-state index >= 15 is 0 Å². The van der Waals surface area contributed by atoms with Gasteiger partial charge in [0.25, 0.3) is 5.95 Å². The van der Waals surface area contributed by atoms with Gasteiger partial charge in [0, 0.05) is 6.20 Å². The second kappa shape index (κ2) is 2.46. The van der Waals surface area contributed by atoms with Crippen molar-refractivity contribution in [3.63, 3.8) is 0 Å². The fourth-order valence-corrected chi connectivity index (χ4v) is 1.04. The van der Waals surface area contributed by atoms with Crippen molar-refractivity contribution in [2.75, 3.05) is 5.43 Å². The highest BCUT2D eigenvalue weighted by Gasteiger charge is 1.99. The number of anilines is 1. The minimum absolute atomic E-state index is 0.431. The van der Waals surface area contributed by atoms with Gasteiger partial charge < -0.3 is 0 Å². The smallest absolute Gasteiger partial charge is 0.257 e. The van der Waals surface area contributed by atoms with E-state index in [9.17, 15) is 0 Å². The first-order valence-electron chi connectivity index (χ1n) is 3.59. The maximum atomic E-state index is 5.16. The van der Waals surface area contributed by atoms with Gasteiger partial charge in [-0.3, -0.25) is 5.43 Å². The van der Waals surface area contributed by atoms with Gasteiger partial charge >= 0.3 is 0 Å². The number of nitrogens with two attached hydrogens (primary N) is 1. The van der Waals surface area contributed by atoms with E-state index in [0.29, 0.717) is 5.95 Å². The Bertz CT molecular complexity index is 405. The molecule has 0 unspecified atom stereocenters. The van der Waals surface area contributed by atoms with Crippen LogP contribution in [0, 0.1) is 6.92 Å². The highest BCUT2D eigenvalue weighted by molar-refractivity contribution is 5.44. The number of nitrogen functional groups attached to an aromatic ring is 1. The van der Waals surface area contributed by atoms with Crippen molar-refractivity contribution in [3.05, 3.63) is 23.9 Å². The Labute approximate surface area is 69.2 Å². The molecule has 0 aliphatic rings. The number of fused-ring (bicyclic) bond motifs is 1. The van der Waals surface area contributed by atoms with E-state index in [0.717, 1.165) is 11.2 Å². The summed E-state index contributed by atoms with van der Waals surface area (Å²) in [4.78, 5) is 4.11. The number of nitrogens with zero attached hydrogens (tertiary/aromatic N) is 3. The van der Waals surface area contributed by atoms with Crippen molar-refractivity contribution in [3.8, 4) is 0 Å². The molecule has 0 saturated heterocycles. The van der Waals surface area contributed by atoms with Gasteiger partial charge in [-0.25, -0.2) is 10.4 Å². The maximum Gasteiger partial charge on any atom is 0.257 e. The normalized spacial score (nSPS) is 10.5. The molecule has 3 N–H and O–H groups in total. The number of nitrogens with one attached hydrogen (secondary N) is 1. The first-order valence-corrected chi connectivity index (χ1v) is 3.59. The van der Waals surface area contributed by atoms with Gasteiger partial charge in [0.15, 0.2) is 5.65 Å². The largest absolute Gasteiger partial charge is 0.291 e. The van der Waals surface area contributed by atoms with Crippen molar-refractivity contribution in [1.29, 1.82) is 0 Å². The molecule has 0 bridgehead atoms. The number of aryl methyl sites for hydroxylation is 1. The zero-order valence-electron chi connectivity index (χ0n) is 6.65. The van der Waals surface area contributed by atoms with Gasteiger partial charge in [0.05, 0.1) is 0 Å². The van der Waals surface area contributed by atoms with Crippen molar-refractivity contribution < 1.29 is 0 Å². The fraction of sp³-hybridized carbons (Fsp3) is 0.143. The average Bonchev–Trinajstić information content (AvgIpc) is 2.46. The summed E-state index contributed by atoms with van der Waals surface area (Å²) in [5.74, 6) is 5.59. The number of pyridine rings is 1. The first kappa shape index (κ1) is 7.05. The lowest BCUT2D eigenvalue weighted by Gasteiger charge is -1.90. The summed E-state index contributed by atoms with van der Waals surface area (Å²) in [5, 5.41) is 4.04. The lowest BCUT2D eigenvalue weighted by Crippen LogP contribution is -2.08. The van der Waals surface area contributed by atoms with E-state index in [1.54, 1.807) is 4.52 Å². The molecule has 0 aliphatic carbocycles. The Balaban J connectivity index is 2.67. The zero-order chi connectivity index (χ0) is 8.55. The van der Waals surface area contributed by atoms with Crippen molar-refractivity contribution in [1.82, 2.24) is 14.6 Å². The topological polar surface area (TPSA) is 68.2 Å². The molecule has 0 fully saturated rings. The molecule has 0 saturated carbocycles. The highest BCUT2D eigenvalue weighted by Crippen LogP contribution is 2.05. The van der Waals surface area contributed by atoms with E-state index < -0.39 is 0 Å². The molecule has 62 valence electrons. The molecule has 5 nitrogen and oxygen atoms in total. The van der Waals surface area contributed by atoms with Gasteiger partial charge in [0.1, 0.15) is 0 Å². The molecular formula is C7H9N5. The molecule has 0 aromatic carbocycles. The van der Waals surface area contributed by atoms with Crippen LogP contribution in [-0.4, -0.2) is 14.6 Å². The predicted octanol–water partition coefficient (Wildman–Crippen LogP) is 0.323. The van der Waals surface area contributed by atoms with Gasteiger partial charge in [0.2, 0.25) is 0 Å². The molecule has 5 heteroatoms. The molecule has 0 radical (unpaired) electrons. The van der Waals surface area contributed by atoms with Crippen LogP contribution in [0.1, 0.15) is 5.56 Å². The Morgan fingerprint density at radius 2 is 2.42 bits per heavy atom. The molecule has 2 heterocycles. The van der Waals surface area contributed by atoms with Gasteiger partial charge in [-0.05, 0) is 24.6 Å². The first-order chi connectivity index (χ1) is 5.79. The summed E-state index contributed by atoms with van der Waals surface area (Å²) >= 11 is 0. The predicted molar refractivity (Wildman–Crippen MR) is 45.5 cm³/mol. The van der Waals surface area contributed by atoms with Gasteiger partial charge in [-0.15, -0.1) is 5.10 Å². The fourth-order valence-electron chi connectivity index (χ4n) is 1.04. The molecule has 2 aromatic heterocycles. The summed E-state index contributed by atoms with van der Waals surface area (Å²) in [7, 11) is 0. The van der Waals surface area contributed by atoms with E-state index in [1.165, 1.54) is 0 Å². The molecular weight excluding hydrogens is 154 g/mol. The number of rotatable bonds is 1. The van der Waals surface area contributed by atoms with Crippen LogP contribution in [0.3, 0.4) is 0 Å². The molecule has 12 heavy (non-hydrogen) atoms. The van der Waals surface area contributed by atoms with Crippen LogP contribution >= 0.6 is 0 Å². The van der Waals surface area contributed by atoms with Crippen molar-refractivity contribution in [2.45, 2.75) is 6.92 Å². The summed E-state index contributed by atoms with van der Waals surface area (Å²) in [6.07, 6.45) is 1.85. The third kappa shape index (κ3) is 0.998. The zero-order valence-corrected chi connectivity index (χ0v) is 6.65. The van der Waals surface area contributed by atoms with Crippen LogP contribution in [0.5, 0.6) is 0 Å². The standard InChI is InChI=1S/C7H9N5/c1-5-2-3-12-6(4-5)9-7(10-8)11-12/h2-4H,8H2,1H3,(H,10,11). The van der Waals surface area contributed by atoms with E-state index in [2.05, 4.69) is 15.5 Å². The Hall–Kier alpha value is -1.62. The lowest BCUT2D eigenvalue weighted by atomic mass is 10.3. The molecule has 0 aliphatic heterocycles. The monoisotopic (exact) mass is 163 g/mol. The highest BCUT2D eigenvalue weighted by atomic mass is 15.4. The molecule has 0 atom stereocenters. The average molecular weight is 163 g/mol. The minimum Gasteiger partial charge on any atom is -0.291 e. The second-order valence-corrected chi connectivity index (χ2v) is 2.59. The summed E-state index contributed by atoms with van der Waals surface area (Å²) < 4.78 is 1.67. The summed E-state index contributed by atoms with van der Waals surface area (Å²) in [5.41, 5.74) is 4.34. The quantitative estimate of drug-likeness (QED) is 0.469. The Morgan fingerprint density at radius 3 is 3.17 bits per heavy atom. The molecule has 0 amide bonds. The van der Waals surface area contributed by atoms with Crippen molar-refractivity contribution in [2.24, 2.45) is 5.84 Å². The number of aromatic nitrogens is 3. The van der Waals surface area contributed by atoms with Crippen LogP contribution in [-0.2, 0) is 0 Å². The van der Waals surface area contributed by atoms with E-state index in [1.807, 2.05) is 25.3 Å². The Morgan fingerprint density at radius 1 is 1.58 bits per heavy atom. The third-order valence-corrected chi connectivity index (χ3v) is 1.62. The molecule has 0 spiro atoms. The van der Waals surface area contributed by atoms with Gasteiger partial charge in [-0.2, -0.15) is 4.98 Å². The molecule has 2 aromatic rings. The second-order valence-electron chi connectivity index (χ2n) is 2.59. The van der Waals surface area contributed by atoms with Crippen LogP contribution in [0.2, 0.25) is 0 Å². The van der Waals surface area contributed by atoms with Crippen LogP contribution < -0.4 is 11.3 Å². The summed E-state index contributed by atoms with van der Waals surface area (Å²) in [6, 6.07) is 3.90. The Kier molecular flexibility index (Phi) is 1.44. The van der Waals surface area contributed by atoms with Gasteiger partial charge in [-0.1, -0.05) is 0 Å². The number of hydrogen-bond donors (Lipinski definition) is 2. The van der Waals surface area contributed by atoms with Crippen molar-refractivity contribution >= 4 is 11.6 Å². The summed E-state index contributed by atoms with van der Waals surface area (Å²) in [6.45, 7) is 2.00. The minimum atomic E-state index is 0.431. The SMILES string of the molecule is Cc1ccn2nc(NN)nc2c1. The van der Waals surface area contributed by atoms with Crippen LogP contribution in [0.4, 0.5) is 5.95 Å². The third-order valence-electron chi connectivity index (χ3n) is 1.62. The number of hydrogen-bond acceptors (Lipinski definition) is 4. The maximum absolute atomic E-state index is 5.16. The van der Waals surface area contributed by atoms with Crippen LogP contribution in [0.25, 0.3) is 5.65 Å². The van der Waals surface area contributed by atoms with E-state index in [4.69, 9.17) is 5.84 Å². The molecule has 2 rings (SSSR count). The number of hydrazine groups is 1. The van der Waals surface area contributed by atoms with Crippen LogP contribution in [0.15, 0.2) is 18.3 Å². The lowest BCUT2D eigenvalue weighted by molar-refractivity contribution is 0.955. The van der Waals surface area contributed by atoms with E-state index in [-0.39, 0.29) is 0 Å².